The van der Waals surface area contributed by atoms with Crippen molar-refractivity contribution >= 4 is 17.3 Å². The number of anilines is 3. The lowest BCUT2D eigenvalue weighted by atomic mass is 10.2. The second kappa shape index (κ2) is 10.9. The summed E-state index contributed by atoms with van der Waals surface area (Å²) in [6.07, 6.45) is 1.60. The number of nitrogen functional groups attached to an aromatic ring is 1. The molecule has 0 radical (unpaired) electrons. The third kappa shape index (κ3) is 5.79. The van der Waals surface area contributed by atoms with E-state index in [2.05, 4.69) is 55.0 Å². The molecule has 0 bridgehead atoms. The van der Waals surface area contributed by atoms with Gasteiger partial charge in [-0.2, -0.15) is 0 Å². The standard InChI is InChI=1S/C21H32N6O2/c1-28-14-12-27(13-15-29-2)21-19(22)20(23-17-24-21)26-10-8-25(9-11-26)16-18-6-4-3-5-7-18/h3-7,17H,8-16,22H2,1-2H3. The summed E-state index contributed by atoms with van der Waals surface area (Å²) in [6, 6.07) is 10.6. The second-order valence-corrected chi connectivity index (χ2v) is 7.16. The molecule has 2 heterocycles. The highest BCUT2D eigenvalue weighted by Gasteiger charge is 2.23. The van der Waals surface area contributed by atoms with Crippen LogP contribution in [0.15, 0.2) is 36.7 Å². The third-order valence-corrected chi connectivity index (χ3v) is 5.19. The number of aromatic nitrogens is 2. The lowest BCUT2D eigenvalue weighted by Crippen LogP contribution is -2.46. The number of nitrogens with zero attached hydrogens (tertiary/aromatic N) is 5. The molecular formula is C21H32N6O2. The van der Waals surface area contributed by atoms with E-state index in [1.807, 2.05) is 0 Å². The van der Waals surface area contributed by atoms with Crippen LogP contribution in [-0.4, -0.2) is 81.6 Å². The zero-order valence-electron chi connectivity index (χ0n) is 17.5. The highest BCUT2D eigenvalue weighted by molar-refractivity contribution is 5.75. The Kier molecular flexibility index (Phi) is 8.03. The topological polar surface area (TPSA) is 80.0 Å². The van der Waals surface area contributed by atoms with E-state index in [9.17, 15) is 0 Å². The van der Waals surface area contributed by atoms with Crippen LogP contribution in [0.5, 0.6) is 0 Å². The first-order valence-electron chi connectivity index (χ1n) is 10.1. The van der Waals surface area contributed by atoms with Crippen LogP contribution < -0.4 is 15.5 Å². The van der Waals surface area contributed by atoms with Crippen molar-refractivity contribution in [2.75, 3.05) is 82.2 Å². The Balaban J connectivity index is 1.66. The van der Waals surface area contributed by atoms with Crippen molar-refractivity contribution in [2.24, 2.45) is 0 Å². The van der Waals surface area contributed by atoms with E-state index in [4.69, 9.17) is 15.2 Å². The van der Waals surface area contributed by atoms with Gasteiger partial charge in [-0.05, 0) is 5.56 Å². The summed E-state index contributed by atoms with van der Waals surface area (Å²) >= 11 is 0. The van der Waals surface area contributed by atoms with Gasteiger partial charge in [0.25, 0.3) is 0 Å². The average Bonchev–Trinajstić information content (AvgIpc) is 2.76. The zero-order chi connectivity index (χ0) is 20.5. The van der Waals surface area contributed by atoms with Gasteiger partial charge >= 0.3 is 0 Å². The summed E-state index contributed by atoms with van der Waals surface area (Å²) in [6.45, 7) is 7.31. The smallest absolute Gasteiger partial charge is 0.157 e. The fourth-order valence-electron chi connectivity index (χ4n) is 3.57. The highest BCUT2D eigenvalue weighted by Crippen LogP contribution is 2.29. The Bertz CT molecular complexity index is 729. The molecule has 0 aliphatic carbocycles. The predicted molar refractivity (Wildman–Crippen MR) is 116 cm³/mol. The molecule has 0 unspecified atom stereocenters. The van der Waals surface area contributed by atoms with E-state index < -0.39 is 0 Å². The van der Waals surface area contributed by atoms with Gasteiger partial charge in [0.05, 0.1) is 13.2 Å². The molecule has 0 saturated carbocycles. The van der Waals surface area contributed by atoms with Gasteiger partial charge < -0.3 is 25.0 Å². The Labute approximate surface area is 173 Å². The number of benzene rings is 1. The number of hydrogen-bond donors (Lipinski definition) is 1. The van der Waals surface area contributed by atoms with Crippen LogP contribution in [0.1, 0.15) is 5.56 Å². The first kappa shape index (κ1) is 21.3. The Morgan fingerprint density at radius 3 is 2.24 bits per heavy atom. The number of rotatable bonds is 10. The van der Waals surface area contributed by atoms with Crippen molar-refractivity contribution in [1.29, 1.82) is 0 Å². The normalized spacial score (nSPS) is 14.9. The van der Waals surface area contributed by atoms with Gasteiger partial charge in [-0.1, -0.05) is 30.3 Å². The first-order valence-corrected chi connectivity index (χ1v) is 10.1. The van der Waals surface area contributed by atoms with Crippen LogP contribution in [-0.2, 0) is 16.0 Å². The van der Waals surface area contributed by atoms with E-state index in [-0.39, 0.29) is 0 Å². The maximum atomic E-state index is 6.51. The number of hydrogen-bond acceptors (Lipinski definition) is 8. The van der Waals surface area contributed by atoms with Crippen LogP contribution in [0, 0.1) is 0 Å². The zero-order valence-corrected chi connectivity index (χ0v) is 17.5. The molecule has 8 nitrogen and oxygen atoms in total. The van der Waals surface area contributed by atoms with Gasteiger partial charge in [0.1, 0.15) is 12.0 Å². The number of piperazine rings is 1. The fraction of sp³-hybridized carbons (Fsp3) is 0.524. The second-order valence-electron chi connectivity index (χ2n) is 7.16. The minimum atomic E-state index is 0.598. The summed E-state index contributed by atoms with van der Waals surface area (Å²) in [5, 5.41) is 0. The Morgan fingerprint density at radius 1 is 0.966 bits per heavy atom. The molecule has 1 aliphatic heterocycles. The van der Waals surface area contributed by atoms with E-state index >= 15 is 0 Å². The summed E-state index contributed by atoms with van der Waals surface area (Å²) in [7, 11) is 3.39. The molecule has 1 aliphatic rings. The minimum Gasteiger partial charge on any atom is -0.393 e. The highest BCUT2D eigenvalue weighted by atomic mass is 16.5. The molecule has 2 N–H and O–H groups in total. The van der Waals surface area contributed by atoms with E-state index in [1.165, 1.54) is 5.56 Å². The summed E-state index contributed by atoms with van der Waals surface area (Å²) < 4.78 is 10.5. The van der Waals surface area contributed by atoms with Crippen LogP contribution >= 0.6 is 0 Å². The first-order chi connectivity index (χ1) is 14.2. The van der Waals surface area contributed by atoms with Crippen LogP contribution in [0.4, 0.5) is 17.3 Å². The number of methoxy groups -OCH3 is 2. The summed E-state index contributed by atoms with van der Waals surface area (Å²) in [5.41, 5.74) is 8.48. The lowest BCUT2D eigenvalue weighted by molar-refractivity contribution is 0.190. The maximum Gasteiger partial charge on any atom is 0.157 e. The Hall–Kier alpha value is -2.42. The molecular weight excluding hydrogens is 368 g/mol. The summed E-state index contributed by atoms with van der Waals surface area (Å²) in [5.74, 6) is 1.56. The molecule has 0 spiro atoms. The van der Waals surface area contributed by atoms with Gasteiger partial charge in [0.15, 0.2) is 11.6 Å². The fourth-order valence-corrected chi connectivity index (χ4v) is 3.57. The van der Waals surface area contributed by atoms with Gasteiger partial charge in [0, 0.05) is 60.0 Å². The molecule has 0 atom stereocenters. The van der Waals surface area contributed by atoms with Gasteiger partial charge in [-0.15, -0.1) is 0 Å². The maximum absolute atomic E-state index is 6.51. The van der Waals surface area contributed by atoms with Gasteiger partial charge in [0.2, 0.25) is 0 Å². The van der Waals surface area contributed by atoms with E-state index in [0.29, 0.717) is 32.0 Å². The monoisotopic (exact) mass is 400 g/mol. The van der Waals surface area contributed by atoms with Crippen molar-refractivity contribution < 1.29 is 9.47 Å². The van der Waals surface area contributed by atoms with Crippen molar-refractivity contribution in [3.05, 3.63) is 42.2 Å². The van der Waals surface area contributed by atoms with Crippen LogP contribution in [0.25, 0.3) is 0 Å². The van der Waals surface area contributed by atoms with E-state index in [0.717, 1.165) is 44.4 Å². The predicted octanol–water partition coefficient (Wildman–Crippen LogP) is 1.48. The SMILES string of the molecule is COCCN(CCOC)c1ncnc(N2CCN(Cc3ccccc3)CC2)c1N. The lowest BCUT2D eigenvalue weighted by Gasteiger charge is -2.36. The number of ether oxygens (including phenoxy) is 2. The van der Waals surface area contributed by atoms with Crippen molar-refractivity contribution in [3.63, 3.8) is 0 Å². The minimum absolute atomic E-state index is 0.598. The van der Waals surface area contributed by atoms with Gasteiger partial charge in [-0.3, -0.25) is 4.90 Å². The molecule has 29 heavy (non-hydrogen) atoms. The summed E-state index contributed by atoms with van der Waals surface area (Å²) in [4.78, 5) is 15.8. The molecule has 1 aromatic heterocycles. The Morgan fingerprint density at radius 2 is 1.62 bits per heavy atom. The van der Waals surface area contributed by atoms with Gasteiger partial charge in [-0.25, -0.2) is 9.97 Å². The average molecular weight is 401 g/mol. The molecule has 3 rings (SSSR count). The molecule has 158 valence electrons. The quantitative estimate of drug-likeness (QED) is 0.642. The molecule has 1 fully saturated rings. The molecule has 1 saturated heterocycles. The number of nitrogens with two attached hydrogens (primary N) is 1. The third-order valence-electron chi connectivity index (χ3n) is 5.19. The van der Waals surface area contributed by atoms with Crippen LogP contribution in [0.2, 0.25) is 0 Å². The van der Waals surface area contributed by atoms with E-state index in [1.54, 1.807) is 20.5 Å². The molecule has 8 heteroatoms. The largest absolute Gasteiger partial charge is 0.393 e. The molecule has 1 aromatic carbocycles. The molecule has 0 amide bonds. The van der Waals surface area contributed by atoms with Crippen molar-refractivity contribution in [1.82, 2.24) is 14.9 Å². The molecule has 2 aromatic rings. The van der Waals surface area contributed by atoms with Crippen LogP contribution in [0.3, 0.4) is 0 Å². The van der Waals surface area contributed by atoms with Crippen molar-refractivity contribution in [3.8, 4) is 0 Å². The van der Waals surface area contributed by atoms with Crippen molar-refractivity contribution in [2.45, 2.75) is 6.54 Å².